The topological polar surface area (TPSA) is 120 Å². The molecule has 0 fully saturated rings. The van der Waals surface area contributed by atoms with Crippen LogP contribution >= 0.6 is 0 Å². The van der Waals surface area contributed by atoms with E-state index in [0.29, 0.717) is 30.0 Å². The minimum atomic E-state index is -0.613. The van der Waals surface area contributed by atoms with Crippen molar-refractivity contribution in [1.82, 2.24) is 19.7 Å². The molecule has 0 radical (unpaired) electrons. The molecular weight excluding hydrogens is 484 g/mol. The van der Waals surface area contributed by atoms with E-state index in [1.54, 1.807) is 4.57 Å². The Morgan fingerprint density at radius 3 is 2.39 bits per heavy atom. The van der Waals surface area contributed by atoms with Gasteiger partial charge in [0.15, 0.2) is 5.82 Å². The number of rotatable bonds is 10. The molecule has 9 heteroatoms. The summed E-state index contributed by atoms with van der Waals surface area (Å²) in [4.78, 5) is 44.7. The van der Waals surface area contributed by atoms with Gasteiger partial charge in [-0.3, -0.25) is 23.7 Å². The number of aromatic amines is 1. The zero-order valence-electron chi connectivity index (χ0n) is 22.1. The Bertz CT molecular complexity index is 1530. The van der Waals surface area contributed by atoms with Gasteiger partial charge in [0.05, 0.1) is 31.3 Å². The smallest absolute Gasteiger partial charge is 0.439 e. The molecule has 2 aromatic carbocycles. The fourth-order valence-corrected chi connectivity index (χ4v) is 4.47. The molecule has 0 spiro atoms. The SMILES string of the molecule is CCCCc1nc(C(C)C)c(CC(=O)OC)c(=O)n1Cc1ccc(-c2ccccc2-c2noc(=O)[nH]2)cc1. The predicted molar refractivity (Wildman–Crippen MR) is 144 cm³/mol. The summed E-state index contributed by atoms with van der Waals surface area (Å²) in [6.45, 7) is 6.38. The summed E-state index contributed by atoms with van der Waals surface area (Å²) in [7, 11) is 1.32. The molecule has 2 heterocycles. The van der Waals surface area contributed by atoms with Crippen LogP contribution in [0.3, 0.4) is 0 Å². The van der Waals surface area contributed by atoms with Crippen molar-refractivity contribution in [2.45, 2.75) is 58.9 Å². The van der Waals surface area contributed by atoms with E-state index in [4.69, 9.17) is 9.72 Å². The lowest BCUT2D eigenvalue weighted by atomic mass is 9.98. The summed E-state index contributed by atoms with van der Waals surface area (Å²) in [6.07, 6.45) is 2.44. The normalized spacial score (nSPS) is 11.2. The molecule has 198 valence electrons. The van der Waals surface area contributed by atoms with Gasteiger partial charge in [-0.1, -0.05) is 80.9 Å². The highest BCUT2D eigenvalue weighted by atomic mass is 16.5. The van der Waals surface area contributed by atoms with Crippen molar-refractivity contribution in [2.24, 2.45) is 0 Å². The molecule has 4 rings (SSSR count). The van der Waals surface area contributed by atoms with Gasteiger partial charge < -0.3 is 4.74 Å². The van der Waals surface area contributed by atoms with Gasteiger partial charge in [0, 0.05) is 12.0 Å². The van der Waals surface area contributed by atoms with Crippen molar-refractivity contribution in [1.29, 1.82) is 0 Å². The fraction of sp³-hybridized carbons (Fsp3) is 0.345. The lowest BCUT2D eigenvalue weighted by Gasteiger charge is -2.19. The molecule has 4 aromatic rings. The highest BCUT2D eigenvalue weighted by Crippen LogP contribution is 2.30. The second-order valence-electron chi connectivity index (χ2n) is 9.48. The number of aromatic nitrogens is 4. The Morgan fingerprint density at radius 2 is 1.79 bits per heavy atom. The van der Waals surface area contributed by atoms with Gasteiger partial charge in [0.1, 0.15) is 5.82 Å². The van der Waals surface area contributed by atoms with Crippen LogP contribution in [0.2, 0.25) is 0 Å². The van der Waals surface area contributed by atoms with E-state index >= 15 is 0 Å². The number of hydrogen-bond acceptors (Lipinski definition) is 7. The molecule has 0 unspecified atom stereocenters. The predicted octanol–water partition coefficient (Wildman–Crippen LogP) is 4.48. The standard InChI is InChI=1S/C29H32N4O5/c1-5-6-11-24-30-26(18(2)3)23(16-25(34)37-4)28(35)33(24)17-19-12-14-20(15-13-19)21-9-7-8-10-22(21)27-31-29(36)38-32-27/h7-10,12-15,18H,5-6,11,16-17H2,1-4H3,(H,31,32,36). The van der Waals surface area contributed by atoms with E-state index < -0.39 is 11.7 Å². The highest BCUT2D eigenvalue weighted by molar-refractivity contribution is 5.80. The van der Waals surface area contributed by atoms with Crippen molar-refractivity contribution >= 4 is 5.97 Å². The maximum atomic E-state index is 13.7. The zero-order chi connectivity index (χ0) is 27.2. The molecule has 0 bridgehead atoms. The second-order valence-corrected chi connectivity index (χ2v) is 9.48. The number of unbranched alkanes of at least 4 members (excludes halogenated alkanes) is 1. The summed E-state index contributed by atoms with van der Waals surface area (Å²) >= 11 is 0. The number of methoxy groups -OCH3 is 1. The molecule has 0 saturated carbocycles. The van der Waals surface area contributed by atoms with Crippen LogP contribution in [0.4, 0.5) is 0 Å². The van der Waals surface area contributed by atoms with Crippen LogP contribution in [-0.4, -0.2) is 32.8 Å². The maximum Gasteiger partial charge on any atom is 0.439 e. The van der Waals surface area contributed by atoms with Gasteiger partial charge in [0.25, 0.3) is 5.56 Å². The number of carbonyl (C=O) groups is 1. The fourth-order valence-electron chi connectivity index (χ4n) is 4.47. The highest BCUT2D eigenvalue weighted by Gasteiger charge is 2.21. The van der Waals surface area contributed by atoms with Gasteiger partial charge in [-0.25, -0.2) is 9.78 Å². The number of nitrogens with one attached hydrogen (secondary N) is 1. The average molecular weight is 517 g/mol. The minimum absolute atomic E-state index is 0.00334. The van der Waals surface area contributed by atoms with E-state index in [1.165, 1.54) is 7.11 Å². The van der Waals surface area contributed by atoms with Gasteiger partial charge in [0.2, 0.25) is 0 Å². The summed E-state index contributed by atoms with van der Waals surface area (Å²) in [5.74, 6) is -0.000483. The third kappa shape index (κ3) is 5.82. The van der Waals surface area contributed by atoms with Crippen LogP contribution in [0, 0.1) is 0 Å². The third-order valence-electron chi connectivity index (χ3n) is 6.45. The Balaban J connectivity index is 1.72. The van der Waals surface area contributed by atoms with Gasteiger partial charge in [-0.2, -0.15) is 0 Å². The lowest BCUT2D eigenvalue weighted by molar-refractivity contribution is -0.139. The van der Waals surface area contributed by atoms with E-state index in [9.17, 15) is 14.4 Å². The molecule has 0 aliphatic rings. The molecule has 9 nitrogen and oxygen atoms in total. The zero-order valence-corrected chi connectivity index (χ0v) is 22.1. The summed E-state index contributed by atoms with van der Waals surface area (Å²) < 4.78 is 11.2. The quantitative estimate of drug-likeness (QED) is 0.309. The number of H-pyrrole nitrogens is 1. The van der Waals surface area contributed by atoms with Crippen molar-refractivity contribution in [3.63, 3.8) is 0 Å². The van der Waals surface area contributed by atoms with Crippen LogP contribution in [-0.2, 0) is 28.9 Å². The number of carbonyl (C=O) groups excluding carboxylic acids is 1. The number of esters is 1. The molecule has 0 aliphatic heterocycles. The number of benzene rings is 2. The Kier molecular flexibility index (Phi) is 8.35. The first-order chi connectivity index (χ1) is 18.3. The second kappa shape index (κ2) is 11.9. The van der Waals surface area contributed by atoms with Crippen molar-refractivity contribution in [2.75, 3.05) is 7.11 Å². The first-order valence-electron chi connectivity index (χ1n) is 12.8. The van der Waals surface area contributed by atoms with E-state index in [0.717, 1.165) is 40.9 Å². The molecule has 0 aliphatic carbocycles. The number of ether oxygens (including phenoxy) is 1. The summed E-state index contributed by atoms with van der Waals surface area (Å²) in [5.41, 5.74) is 4.30. The van der Waals surface area contributed by atoms with Crippen LogP contribution in [0.15, 0.2) is 62.6 Å². The van der Waals surface area contributed by atoms with Crippen molar-refractivity contribution in [3.05, 3.63) is 92.1 Å². The maximum absolute atomic E-state index is 13.7. The molecule has 0 atom stereocenters. The summed E-state index contributed by atoms with van der Waals surface area (Å²) in [5, 5.41) is 3.82. The minimum Gasteiger partial charge on any atom is -0.469 e. The molecule has 1 N–H and O–H groups in total. The van der Waals surface area contributed by atoms with Crippen LogP contribution in [0.5, 0.6) is 0 Å². The summed E-state index contributed by atoms with van der Waals surface area (Å²) in [6, 6.07) is 15.4. The van der Waals surface area contributed by atoms with E-state index in [-0.39, 0.29) is 17.9 Å². The Hall–Kier alpha value is -4.27. The Labute approximate surface area is 220 Å². The monoisotopic (exact) mass is 516 g/mol. The van der Waals surface area contributed by atoms with Crippen molar-refractivity contribution < 1.29 is 14.1 Å². The van der Waals surface area contributed by atoms with Gasteiger partial charge in [-0.05, 0) is 29.0 Å². The first kappa shape index (κ1) is 26.8. The van der Waals surface area contributed by atoms with Crippen LogP contribution < -0.4 is 11.3 Å². The van der Waals surface area contributed by atoms with Crippen LogP contribution in [0.1, 0.15) is 62.2 Å². The largest absolute Gasteiger partial charge is 0.469 e. The molecule has 2 aromatic heterocycles. The van der Waals surface area contributed by atoms with Gasteiger partial charge >= 0.3 is 11.7 Å². The third-order valence-corrected chi connectivity index (χ3v) is 6.45. The lowest BCUT2D eigenvalue weighted by Crippen LogP contribution is -2.32. The Morgan fingerprint density at radius 1 is 1.08 bits per heavy atom. The first-order valence-corrected chi connectivity index (χ1v) is 12.8. The number of aryl methyl sites for hydroxylation is 1. The van der Waals surface area contributed by atoms with Crippen LogP contribution in [0.25, 0.3) is 22.5 Å². The molecule has 0 saturated heterocycles. The number of nitrogens with zero attached hydrogens (tertiary/aromatic N) is 3. The number of hydrogen-bond donors (Lipinski definition) is 1. The molecule has 0 amide bonds. The molecular formula is C29H32N4O5. The van der Waals surface area contributed by atoms with Gasteiger partial charge in [-0.15, -0.1) is 0 Å². The van der Waals surface area contributed by atoms with E-state index in [1.807, 2.05) is 62.4 Å². The van der Waals surface area contributed by atoms with Crippen molar-refractivity contribution in [3.8, 4) is 22.5 Å². The molecule has 38 heavy (non-hydrogen) atoms. The van der Waals surface area contributed by atoms with E-state index in [2.05, 4.69) is 21.6 Å². The average Bonchev–Trinajstić information content (AvgIpc) is 3.36.